The first-order valence-corrected chi connectivity index (χ1v) is 10.7. The van der Waals surface area contributed by atoms with Crippen molar-refractivity contribution in [3.63, 3.8) is 0 Å². The summed E-state index contributed by atoms with van der Waals surface area (Å²) in [4.78, 5) is 22.9. The van der Waals surface area contributed by atoms with Gasteiger partial charge in [-0.2, -0.15) is 8.78 Å². The van der Waals surface area contributed by atoms with Crippen LogP contribution in [0, 0.1) is 0 Å². The van der Waals surface area contributed by atoms with Crippen LogP contribution in [0.25, 0.3) is 0 Å². The zero-order chi connectivity index (χ0) is 21.8. The highest BCUT2D eigenvalue weighted by atomic mass is 32.2. The van der Waals surface area contributed by atoms with Crippen molar-refractivity contribution in [3.05, 3.63) is 54.1 Å². The first-order chi connectivity index (χ1) is 13.4. The van der Waals surface area contributed by atoms with E-state index in [1.54, 1.807) is 0 Å². The number of nitrogens with two attached hydrogens (primary N) is 1. The Bertz CT molecular complexity index is 1110. The van der Waals surface area contributed by atoms with E-state index in [2.05, 4.69) is 5.32 Å². The summed E-state index contributed by atoms with van der Waals surface area (Å²) in [6.45, 7) is -0.702. The molecule has 2 aromatic rings. The fourth-order valence-corrected chi connectivity index (χ4v) is 3.26. The van der Waals surface area contributed by atoms with Crippen molar-refractivity contribution in [2.75, 3.05) is 11.9 Å². The van der Waals surface area contributed by atoms with Crippen LogP contribution in [-0.2, 0) is 29.4 Å². The van der Waals surface area contributed by atoms with Crippen LogP contribution in [-0.4, -0.2) is 41.1 Å². The van der Waals surface area contributed by atoms with E-state index in [0.717, 1.165) is 24.3 Å². The van der Waals surface area contributed by atoms with E-state index in [1.165, 1.54) is 24.3 Å². The summed E-state index contributed by atoms with van der Waals surface area (Å²) >= 11 is 0. The molecule has 0 aliphatic carbocycles. The molecule has 0 bridgehead atoms. The number of amides is 1. The smallest absolute Gasteiger partial charge is 0.341 e. The number of primary sulfonamides is 1. The van der Waals surface area contributed by atoms with Gasteiger partial charge in [0.15, 0.2) is 6.61 Å². The Morgan fingerprint density at radius 2 is 1.45 bits per heavy atom. The van der Waals surface area contributed by atoms with Crippen LogP contribution in [0.2, 0.25) is 0 Å². The maximum absolute atomic E-state index is 12.5. The number of rotatable bonds is 7. The SMILES string of the molecule is NS(=O)(=O)c1ccc(NC(=O)COC(=O)c2ccc(S(=O)(=O)C(F)F)cc2)cc1. The highest BCUT2D eigenvalue weighted by Gasteiger charge is 2.26. The van der Waals surface area contributed by atoms with Crippen LogP contribution < -0.4 is 10.5 Å². The molecule has 0 atom stereocenters. The Kier molecular flexibility index (Phi) is 6.66. The molecule has 0 aliphatic rings. The number of sulfone groups is 1. The molecule has 156 valence electrons. The lowest BCUT2D eigenvalue weighted by Gasteiger charge is -2.08. The topological polar surface area (TPSA) is 150 Å². The third kappa shape index (κ3) is 5.79. The molecule has 2 rings (SSSR count). The van der Waals surface area contributed by atoms with E-state index in [0.29, 0.717) is 0 Å². The van der Waals surface area contributed by atoms with Gasteiger partial charge < -0.3 is 10.1 Å². The van der Waals surface area contributed by atoms with Crippen molar-refractivity contribution in [1.29, 1.82) is 0 Å². The number of halogens is 2. The number of hydrogen-bond donors (Lipinski definition) is 2. The van der Waals surface area contributed by atoms with Crippen LogP contribution in [0.4, 0.5) is 14.5 Å². The molecule has 0 aliphatic heterocycles. The lowest BCUT2D eigenvalue weighted by atomic mass is 10.2. The number of esters is 1. The third-order valence-corrected chi connectivity index (χ3v) is 5.78. The molecule has 0 aromatic heterocycles. The van der Waals surface area contributed by atoms with Gasteiger partial charge in [-0.3, -0.25) is 4.79 Å². The van der Waals surface area contributed by atoms with Gasteiger partial charge in [0.2, 0.25) is 19.9 Å². The quantitative estimate of drug-likeness (QED) is 0.603. The van der Waals surface area contributed by atoms with Gasteiger partial charge >= 0.3 is 11.7 Å². The van der Waals surface area contributed by atoms with E-state index in [1.807, 2.05) is 0 Å². The zero-order valence-corrected chi connectivity index (χ0v) is 16.0. The molecule has 2 aromatic carbocycles. The first kappa shape index (κ1) is 22.4. The molecule has 0 saturated heterocycles. The summed E-state index contributed by atoms with van der Waals surface area (Å²) in [5.74, 6) is -5.31. The summed E-state index contributed by atoms with van der Waals surface area (Å²) in [6, 6.07) is 8.50. The molecule has 29 heavy (non-hydrogen) atoms. The minimum Gasteiger partial charge on any atom is -0.452 e. The standard InChI is InChI=1S/C16H14F2N2O7S2/c17-16(18)28(23,24)12-5-1-10(2-6-12)15(22)27-9-14(21)20-11-3-7-13(8-4-11)29(19,25)26/h1-8,16H,9H2,(H,20,21)(H2,19,25,26). The number of benzene rings is 2. The molecule has 1 amide bonds. The molecule has 0 saturated carbocycles. The minimum atomic E-state index is -4.79. The summed E-state index contributed by atoms with van der Waals surface area (Å²) < 4.78 is 74.6. The molecule has 13 heteroatoms. The van der Waals surface area contributed by atoms with Gasteiger partial charge in [0.05, 0.1) is 15.4 Å². The molecule has 0 heterocycles. The zero-order valence-electron chi connectivity index (χ0n) is 14.4. The van der Waals surface area contributed by atoms with Crippen molar-refractivity contribution >= 4 is 37.4 Å². The van der Waals surface area contributed by atoms with Crippen molar-refractivity contribution < 1.29 is 39.9 Å². The van der Waals surface area contributed by atoms with Crippen LogP contribution in [0.15, 0.2) is 58.3 Å². The predicted molar refractivity (Wildman–Crippen MR) is 96.4 cm³/mol. The van der Waals surface area contributed by atoms with E-state index in [4.69, 9.17) is 9.88 Å². The average Bonchev–Trinajstić information content (AvgIpc) is 2.65. The molecular weight excluding hydrogens is 434 g/mol. The lowest BCUT2D eigenvalue weighted by Crippen LogP contribution is -2.21. The molecule has 9 nitrogen and oxygen atoms in total. The fourth-order valence-electron chi connectivity index (χ4n) is 2.02. The Balaban J connectivity index is 1.94. The molecular formula is C16H14F2N2O7S2. The number of ether oxygens (including phenoxy) is 1. The van der Waals surface area contributed by atoms with E-state index < -0.39 is 49.0 Å². The Hall–Kier alpha value is -2.90. The van der Waals surface area contributed by atoms with Crippen molar-refractivity contribution in [2.24, 2.45) is 5.14 Å². The van der Waals surface area contributed by atoms with Gasteiger partial charge in [-0.05, 0) is 48.5 Å². The van der Waals surface area contributed by atoms with Gasteiger partial charge in [-0.25, -0.2) is 26.8 Å². The number of sulfonamides is 1. The van der Waals surface area contributed by atoms with Gasteiger partial charge in [0, 0.05) is 5.69 Å². The Morgan fingerprint density at radius 3 is 1.93 bits per heavy atom. The second-order valence-electron chi connectivity index (χ2n) is 5.52. The lowest BCUT2D eigenvalue weighted by molar-refractivity contribution is -0.119. The summed E-state index contributed by atoms with van der Waals surface area (Å²) in [7, 11) is -8.67. The number of hydrogen-bond acceptors (Lipinski definition) is 7. The first-order valence-electron chi connectivity index (χ1n) is 7.63. The minimum absolute atomic E-state index is 0.150. The number of carbonyl (C=O) groups is 2. The van der Waals surface area contributed by atoms with Crippen LogP contribution >= 0.6 is 0 Å². The van der Waals surface area contributed by atoms with Crippen LogP contribution in [0.3, 0.4) is 0 Å². The monoisotopic (exact) mass is 448 g/mol. The molecule has 0 unspecified atom stereocenters. The van der Waals surface area contributed by atoms with Crippen molar-refractivity contribution in [2.45, 2.75) is 15.5 Å². The predicted octanol–water partition coefficient (Wildman–Crippen LogP) is 1.13. The maximum atomic E-state index is 12.5. The number of carbonyl (C=O) groups excluding carboxylic acids is 2. The molecule has 0 radical (unpaired) electrons. The van der Waals surface area contributed by atoms with Crippen LogP contribution in [0.1, 0.15) is 10.4 Å². The van der Waals surface area contributed by atoms with Gasteiger partial charge in [-0.1, -0.05) is 0 Å². The second-order valence-corrected chi connectivity index (χ2v) is 9.00. The largest absolute Gasteiger partial charge is 0.452 e. The Morgan fingerprint density at radius 1 is 0.931 bits per heavy atom. The molecule has 3 N–H and O–H groups in total. The normalized spacial score (nSPS) is 11.9. The molecule has 0 spiro atoms. The number of nitrogens with one attached hydrogen (secondary N) is 1. The summed E-state index contributed by atoms with van der Waals surface area (Å²) in [6.07, 6.45) is 0. The van der Waals surface area contributed by atoms with E-state index in [-0.39, 0.29) is 16.1 Å². The fraction of sp³-hybridized carbons (Fsp3) is 0.125. The van der Waals surface area contributed by atoms with Crippen molar-refractivity contribution in [3.8, 4) is 0 Å². The summed E-state index contributed by atoms with van der Waals surface area (Å²) in [5, 5.41) is 7.30. The van der Waals surface area contributed by atoms with Crippen LogP contribution in [0.5, 0.6) is 0 Å². The van der Waals surface area contributed by atoms with Gasteiger partial charge in [-0.15, -0.1) is 0 Å². The van der Waals surface area contributed by atoms with Crippen molar-refractivity contribution in [1.82, 2.24) is 0 Å². The summed E-state index contributed by atoms with van der Waals surface area (Å²) in [5.41, 5.74) is 0.0727. The second kappa shape index (κ2) is 8.63. The Labute approximate surface area is 164 Å². The third-order valence-electron chi connectivity index (χ3n) is 3.45. The van der Waals surface area contributed by atoms with E-state index in [9.17, 15) is 35.2 Å². The maximum Gasteiger partial charge on any atom is 0.341 e. The number of anilines is 1. The van der Waals surface area contributed by atoms with E-state index >= 15 is 0 Å². The molecule has 0 fully saturated rings. The average molecular weight is 448 g/mol. The van der Waals surface area contributed by atoms with Gasteiger partial charge in [0.25, 0.3) is 5.91 Å². The highest BCUT2D eigenvalue weighted by Crippen LogP contribution is 2.19. The highest BCUT2D eigenvalue weighted by molar-refractivity contribution is 7.91. The number of alkyl halides is 2. The van der Waals surface area contributed by atoms with Gasteiger partial charge in [0.1, 0.15) is 0 Å².